The molecule has 0 radical (unpaired) electrons. The summed E-state index contributed by atoms with van der Waals surface area (Å²) in [5, 5.41) is 0.839. The number of carbonyl (C=O) groups is 1. The topological polar surface area (TPSA) is 39.2 Å². The number of halogens is 1. The fraction of sp³-hybridized carbons (Fsp3) is 0.273. The maximum Gasteiger partial charge on any atom is 0.338 e. The Hall–Kier alpha value is -2.20. The van der Waals surface area contributed by atoms with Gasteiger partial charge in [-0.3, -0.25) is 0 Å². The number of hydrogen-bond acceptors (Lipinski definition) is 3. The number of hydrogen-bond donors (Lipinski definition) is 0. The SMILES string of the molecule is CCCCCOC(=O)c1cc(-c2ccc(Br)cc2)nc2c(C)cccc12. The Morgan fingerprint density at radius 3 is 2.62 bits per heavy atom. The first-order valence-electron chi connectivity index (χ1n) is 8.93. The number of para-hydroxylation sites is 1. The van der Waals surface area contributed by atoms with Crippen molar-refractivity contribution in [3.63, 3.8) is 0 Å². The predicted octanol–water partition coefficient (Wildman–Crippen LogP) is 6.32. The summed E-state index contributed by atoms with van der Waals surface area (Å²) < 4.78 is 6.52. The van der Waals surface area contributed by atoms with Crippen LogP contribution in [0.2, 0.25) is 0 Å². The number of fused-ring (bicyclic) bond motifs is 1. The van der Waals surface area contributed by atoms with Gasteiger partial charge in [-0.1, -0.05) is 66.0 Å². The highest BCUT2D eigenvalue weighted by Crippen LogP contribution is 2.28. The Morgan fingerprint density at radius 1 is 1.12 bits per heavy atom. The molecule has 0 amide bonds. The summed E-state index contributed by atoms with van der Waals surface area (Å²) in [4.78, 5) is 17.5. The largest absolute Gasteiger partial charge is 0.462 e. The monoisotopic (exact) mass is 411 g/mol. The van der Waals surface area contributed by atoms with Crippen molar-refractivity contribution >= 4 is 32.8 Å². The maximum atomic E-state index is 12.7. The Kier molecular flexibility index (Phi) is 6.04. The molecule has 1 aromatic heterocycles. The fourth-order valence-electron chi connectivity index (χ4n) is 2.92. The first kappa shape index (κ1) is 18.6. The molecule has 0 unspecified atom stereocenters. The van der Waals surface area contributed by atoms with E-state index in [0.29, 0.717) is 12.2 Å². The Labute approximate surface area is 162 Å². The minimum absolute atomic E-state index is 0.280. The standard InChI is InChI=1S/C22H22BrNO2/c1-3-4-5-13-26-22(25)19-14-20(16-9-11-17(23)12-10-16)24-21-15(2)7-6-8-18(19)21/h6-12,14H,3-5,13H2,1-2H3. The van der Waals surface area contributed by atoms with Crippen LogP contribution >= 0.6 is 15.9 Å². The molecule has 0 aliphatic carbocycles. The van der Waals surface area contributed by atoms with Gasteiger partial charge in [-0.2, -0.15) is 0 Å². The molecule has 0 N–H and O–H groups in total. The molecule has 0 spiro atoms. The second kappa shape index (κ2) is 8.45. The summed E-state index contributed by atoms with van der Waals surface area (Å²) >= 11 is 3.45. The number of pyridine rings is 1. The summed E-state index contributed by atoms with van der Waals surface area (Å²) in [6.07, 6.45) is 3.06. The number of ether oxygens (including phenoxy) is 1. The summed E-state index contributed by atoms with van der Waals surface area (Å²) in [7, 11) is 0. The first-order chi connectivity index (χ1) is 12.6. The number of aryl methyl sites for hydroxylation is 1. The van der Waals surface area contributed by atoms with Gasteiger partial charge < -0.3 is 4.74 Å². The number of benzene rings is 2. The van der Waals surface area contributed by atoms with Gasteiger partial charge in [-0.25, -0.2) is 9.78 Å². The van der Waals surface area contributed by atoms with Crippen molar-refractivity contribution in [3.8, 4) is 11.3 Å². The van der Waals surface area contributed by atoms with E-state index in [1.165, 1.54) is 0 Å². The molecule has 3 aromatic rings. The molecule has 3 rings (SSSR count). The third-order valence-corrected chi connectivity index (χ3v) is 4.91. The van der Waals surface area contributed by atoms with Gasteiger partial charge in [0, 0.05) is 15.4 Å². The quantitative estimate of drug-likeness (QED) is 0.351. The van der Waals surface area contributed by atoms with Crippen molar-refractivity contribution in [3.05, 3.63) is 64.1 Å². The summed E-state index contributed by atoms with van der Waals surface area (Å²) in [5.41, 5.74) is 4.21. The average molecular weight is 412 g/mol. The molecule has 0 atom stereocenters. The third-order valence-electron chi connectivity index (χ3n) is 4.38. The van der Waals surface area contributed by atoms with Crippen molar-refractivity contribution < 1.29 is 9.53 Å². The Morgan fingerprint density at radius 2 is 1.88 bits per heavy atom. The lowest BCUT2D eigenvalue weighted by Crippen LogP contribution is -2.08. The van der Waals surface area contributed by atoms with Gasteiger partial charge in [-0.05, 0) is 37.1 Å². The summed E-state index contributed by atoms with van der Waals surface area (Å²) in [5.74, 6) is -0.280. The number of aromatic nitrogens is 1. The van der Waals surface area contributed by atoms with Crippen LogP contribution in [0.25, 0.3) is 22.2 Å². The van der Waals surface area contributed by atoms with E-state index in [0.717, 1.165) is 51.5 Å². The molecule has 0 bridgehead atoms. The van der Waals surface area contributed by atoms with E-state index in [9.17, 15) is 4.79 Å². The van der Waals surface area contributed by atoms with Crippen LogP contribution in [0, 0.1) is 6.92 Å². The van der Waals surface area contributed by atoms with E-state index in [4.69, 9.17) is 9.72 Å². The van der Waals surface area contributed by atoms with Gasteiger partial charge in [-0.15, -0.1) is 0 Å². The smallest absolute Gasteiger partial charge is 0.338 e. The van der Waals surface area contributed by atoms with Gasteiger partial charge in [0.25, 0.3) is 0 Å². The second-order valence-electron chi connectivity index (χ2n) is 6.38. The third kappa shape index (κ3) is 4.13. The molecule has 3 nitrogen and oxygen atoms in total. The van der Waals surface area contributed by atoms with Crippen molar-refractivity contribution in [2.24, 2.45) is 0 Å². The van der Waals surface area contributed by atoms with Crippen molar-refractivity contribution in [2.75, 3.05) is 6.61 Å². The molecule has 2 aromatic carbocycles. The molecule has 26 heavy (non-hydrogen) atoms. The van der Waals surface area contributed by atoms with Crippen molar-refractivity contribution in [2.45, 2.75) is 33.1 Å². The van der Waals surface area contributed by atoms with Gasteiger partial charge in [0.1, 0.15) is 0 Å². The van der Waals surface area contributed by atoms with Crippen LogP contribution in [0.4, 0.5) is 0 Å². The normalized spacial score (nSPS) is 10.9. The zero-order valence-electron chi connectivity index (χ0n) is 15.1. The molecule has 0 aliphatic rings. The first-order valence-corrected chi connectivity index (χ1v) is 9.73. The zero-order chi connectivity index (χ0) is 18.5. The lowest BCUT2D eigenvalue weighted by molar-refractivity contribution is 0.0500. The highest BCUT2D eigenvalue weighted by molar-refractivity contribution is 9.10. The van der Waals surface area contributed by atoms with E-state index in [-0.39, 0.29) is 5.97 Å². The second-order valence-corrected chi connectivity index (χ2v) is 7.29. The lowest BCUT2D eigenvalue weighted by atomic mass is 10.0. The van der Waals surface area contributed by atoms with Crippen LogP contribution in [0.3, 0.4) is 0 Å². The van der Waals surface area contributed by atoms with Crippen LogP contribution < -0.4 is 0 Å². The number of carbonyl (C=O) groups excluding carboxylic acids is 1. The van der Waals surface area contributed by atoms with Crippen molar-refractivity contribution in [1.82, 2.24) is 4.98 Å². The molecular formula is C22H22BrNO2. The average Bonchev–Trinajstić information content (AvgIpc) is 2.65. The van der Waals surface area contributed by atoms with Crippen molar-refractivity contribution in [1.29, 1.82) is 0 Å². The van der Waals surface area contributed by atoms with Gasteiger partial charge in [0.05, 0.1) is 23.4 Å². The van der Waals surface area contributed by atoms with Crippen LogP contribution in [0.5, 0.6) is 0 Å². The van der Waals surface area contributed by atoms with Crippen LogP contribution in [-0.4, -0.2) is 17.6 Å². The van der Waals surface area contributed by atoms with E-state index in [1.54, 1.807) is 0 Å². The van der Waals surface area contributed by atoms with Crippen LogP contribution in [0.1, 0.15) is 42.1 Å². The molecule has 0 saturated carbocycles. The highest BCUT2D eigenvalue weighted by atomic mass is 79.9. The van der Waals surface area contributed by atoms with E-state index >= 15 is 0 Å². The minimum Gasteiger partial charge on any atom is -0.462 e. The summed E-state index contributed by atoms with van der Waals surface area (Å²) in [6, 6.07) is 15.7. The number of esters is 1. The van der Waals surface area contributed by atoms with E-state index < -0.39 is 0 Å². The maximum absolute atomic E-state index is 12.7. The molecule has 0 saturated heterocycles. The number of unbranched alkanes of at least 4 members (excludes halogenated alkanes) is 2. The van der Waals surface area contributed by atoms with Gasteiger partial charge in [0.2, 0.25) is 0 Å². The van der Waals surface area contributed by atoms with Crippen LogP contribution in [-0.2, 0) is 4.74 Å². The summed E-state index contributed by atoms with van der Waals surface area (Å²) in [6.45, 7) is 4.60. The van der Waals surface area contributed by atoms with Crippen LogP contribution in [0.15, 0.2) is 53.0 Å². The predicted molar refractivity (Wildman–Crippen MR) is 109 cm³/mol. The molecule has 1 heterocycles. The molecule has 0 fully saturated rings. The molecular weight excluding hydrogens is 390 g/mol. The van der Waals surface area contributed by atoms with Gasteiger partial charge in [0.15, 0.2) is 0 Å². The molecule has 0 aliphatic heterocycles. The molecule has 4 heteroatoms. The fourth-order valence-corrected chi connectivity index (χ4v) is 3.19. The number of rotatable bonds is 6. The van der Waals surface area contributed by atoms with Gasteiger partial charge >= 0.3 is 5.97 Å². The van der Waals surface area contributed by atoms with E-state index in [2.05, 4.69) is 22.9 Å². The minimum atomic E-state index is -0.280. The highest BCUT2D eigenvalue weighted by Gasteiger charge is 2.16. The molecule has 134 valence electrons. The Balaban J connectivity index is 2.04. The Bertz CT molecular complexity index is 919. The zero-order valence-corrected chi connectivity index (χ0v) is 16.7. The number of nitrogens with zero attached hydrogens (tertiary/aromatic N) is 1. The lowest BCUT2D eigenvalue weighted by Gasteiger charge is -2.11. The van der Waals surface area contributed by atoms with E-state index in [1.807, 2.05) is 55.5 Å².